The van der Waals surface area contributed by atoms with Crippen LogP contribution in [0.1, 0.15) is 0 Å². The van der Waals surface area contributed by atoms with Crippen molar-refractivity contribution in [1.29, 1.82) is 0 Å². The van der Waals surface area contributed by atoms with Gasteiger partial charge in [0.2, 0.25) is 5.91 Å². The maximum absolute atomic E-state index is 12.9. The Balaban J connectivity index is 2.29. The summed E-state index contributed by atoms with van der Waals surface area (Å²) in [5.74, 6) is -0.921. The number of nitrogens with two attached hydrogens (primary N) is 2. The Morgan fingerprint density at radius 2 is 2.19 bits per heavy atom. The van der Waals surface area contributed by atoms with Crippen LogP contribution in [0, 0.1) is 5.82 Å². The van der Waals surface area contributed by atoms with E-state index in [2.05, 4.69) is 5.32 Å². The van der Waals surface area contributed by atoms with Crippen molar-refractivity contribution in [3.05, 3.63) is 24.0 Å². The minimum Gasteiger partial charge on any atom is -0.399 e. The van der Waals surface area contributed by atoms with Crippen LogP contribution < -0.4 is 16.8 Å². The number of nitrogens with one attached hydrogen (secondary N) is 1. The number of nitrogen functional groups attached to an aromatic ring is 1. The van der Waals surface area contributed by atoms with Gasteiger partial charge in [0, 0.05) is 17.9 Å². The average Bonchev–Trinajstić information content (AvgIpc) is 2.15. The van der Waals surface area contributed by atoms with Crippen molar-refractivity contribution in [2.45, 2.75) is 0 Å². The van der Waals surface area contributed by atoms with E-state index in [-0.39, 0.29) is 6.61 Å². The standard InChI is InChI=1S/C10H14FN3O2/c11-7-3-8(12)5-9(4-7)14-1-2-16-6-10(13)15/h3-5,14H,1-2,6,12H2,(H2,13,15). The Bertz CT molecular complexity index is 351. The molecule has 16 heavy (non-hydrogen) atoms. The smallest absolute Gasteiger partial charge is 0.243 e. The first kappa shape index (κ1) is 12.3. The molecule has 1 rings (SSSR count). The molecule has 0 saturated heterocycles. The average molecular weight is 227 g/mol. The monoisotopic (exact) mass is 227 g/mol. The molecule has 0 spiro atoms. The van der Waals surface area contributed by atoms with Crippen LogP contribution in [0.4, 0.5) is 15.8 Å². The fourth-order valence-corrected chi connectivity index (χ4v) is 1.15. The summed E-state index contributed by atoms with van der Waals surface area (Å²) in [7, 11) is 0. The Morgan fingerprint density at radius 1 is 1.44 bits per heavy atom. The summed E-state index contributed by atoms with van der Waals surface area (Å²) in [6.07, 6.45) is 0. The number of halogens is 1. The molecule has 1 amide bonds. The number of rotatable bonds is 6. The molecule has 5 nitrogen and oxygen atoms in total. The fraction of sp³-hybridized carbons (Fsp3) is 0.300. The van der Waals surface area contributed by atoms with Crippen LogP contribution >= 0.6 is 0 Å². The zero-order valence-electron chi connectivity index (χ0n) is 8.70. The van der Waals surface area contributed by atoms with E-state index in [1.165, 1.54) is 12.1 Å². The van der Waals surface area contributed by atoms with Gasteiger partial charge < -0.3 is 21.5 Å². The molecule has 0 radical (unpaired) electrons. The van der Waals surface area contributed by atoms with Crippen LogP contribution in [0.2, 0.25) is 0 Å². The largest absolute Gasteiger partial charge is 0.399 e. The Labute approximate surface area is 92.6 Å². The summed E-state index contributed by atoms with van der Waals surface area (Å²) >= 11 is 0. The molecule has 0 saturated carbocycles. The number of carbonyl (C=O) groups is 1. The molecule has 0 heterocycles. The molecule has 0 aliphatic rings. The molecule has 0 fully saturated rings. The van der Waals surface area contributed by atoms with E-state index < -0.39 is 11.7 Å². The number of primary amides is 1. The second-order valence-corrected chi connectivity index (χ2v) is 3.22. The van der Waals surface area contributed by atoms with E-state index in [1.807, 2.05) is 0 Å². The second kappa shape index (κ2) is 5.92. The van der Waals surface area contributed by atoms with E-state index in [4.69, 9.17) is 16.2 Å². The van der Waals surface area contributed by atoms with Crippen molar-refractivity contribution >= 4 is 17.3 Å². The lowest BCUT2D eigenvalue weighted by Crippen LogP contribution is -2.20. The zero-order valence-corrected chi connectivity index (χ0v) is 8.70. The number of hydrogen-bond acceptors (Lipinski definition) is 4. The SMILES string of the molecule is NC(=O)COCCNc1cc(N)cc(F)c1. The van der Waals surface area contributed by atoms with Crippen LogP contribution in [0.5, 0.6) is 0 Å². The first-order valence-electron chi connectivity index (χ1n) is 4.74. The highest BCUT2D eigenvalue weighted by atomic mass is 19.1. The van der Waals surface area contributed by atoms with E-state index in [1.54, 1.807) is 6.07 Å². The molecule has 0 aromatic heterocycles. The first-order valence-corrected chi connectivity index (χ1v) is 4.74. The molecule has 0 atom stereocenters. The van der Waals surface area contributed by atoms with Crippen molar-refractivity contribution in [2.75, 3.05) is 30.8 Å². The summed E-state index contributed by atoms with van der Waals surface area (Å²) in [6, 6.07) is 4.16. The lowest BCUT2D eigenvalue weighted by molar-refractivity contribution is -0.122. The minimum absolute atomic E-state index is 0.118. The van der Waals surface area contributed by atoms with Crippen molar-refractivity contribution in [2.24, 2.45) is 5.73 Å². The minimum atomic E-state index is -0.519. The third kappa shape index (κ3) is 4.61. The number of ether oxygens (including phenoxy) is 1. The first-order chi connectivity index (χ1) is 7.58. The van der Waals surface area contributed by atoms with Crippen LogP contribution in [-0.2, 0) is 9.53 Å². The van der Waals surface area contributed by atoms with Gasteiger partial charge >= 0.3 is 0 Å². The third-order valence-corrected chi connectivity index (χ3v) is 1.74. The zero-order chi connectivity index (χ0) is 12.0. The number of benzene rings is 1. The van der Waals surface area contributed by atoms with Gasteiger partial charge in [-0.05, 0) is 18.2 Å². The highest BCUT2D eigenvalue weighted by Gasteiger charge is 1.98. The van der Waals surface area contributed by atoms with Crippen molar-refractivity contribution < 1.29 is 13.9 Å². The van der Waals surface area contributed by atoms with Gasteiger partial charge in [-0.1, -0.05) is 0 Å². The Kier molecular flexibility index (Phi) is 4.53. The molecule has 5 N–H and O–H groups in total. The van der Waals surface area contributed by atoms with Crippen molar-refractivity contribution in [3.8, 4) is 0 Å². The summed E-state index contributed by atoms with van der Waals surface area (Å²) in [6.45, 7) is 0.627. The summed E-state index contributed by atoms with van der Waals surface area (Å²) < 4.78 is 17.8. The van der Waals surface area contributed by atoms with Crippen molar-refractivity contribution in [1.82, 2.24) is 0 Å². The molecule has 0 bridgehead atoms. The van der Waals surface area contributed by atoms with Gasteiger partial charge in [0.15, 0.2) is 0 Å². The normalized spacial score (nSPS) is 10.1. The van der Waals surface area contributed by atoms with E-state index in [0.717, 1.165) is 0 Å². The van der Waals surface area contributed by atoms with Gasteiger partial charge in [0.25, 0.3) is 0 Å². The van der Waals surface area contributed by atoms with Gasteiger partial charge in [-0.3, -0.25) is 4.79 Å². The van der Waals surface area contributed by atoms with Gasteiger partial charge in [-0.15, -0.1) is 0 Å². The molecule has 0 aliphatic carbocycles. The topological polar surface area (TPSA) is 90.4 Å². The molecule has 88 valence electrons. The molecule has 0 unspecified atom stereocenters. The highest BCUT2D eigenvalue weighted by molar-refractivity contribution is 5.74. The fourth-order valence-electron chi connectivity index (χ4n) is 1.15. The number of anilines is 2. The molecule has 6 heteroatoms. The molecular formula is C10H14FN3O2. The summed E-state index contributed by atoms with van der Waals surface area (Å²) in [5, 5.41) is 2.90. The van der Waals surface area contributed by atoms with Gasteiger partial charge in [0.1, 0.15) is 12.4 Å². The molecule has 0 aliphatic heterocycles. The number of carbonyl (C=O) groups excluding carboxylic acids is 1. The summed E-state index contributed by atoms with van der Waals surface area (Å²) in [5.41, 5.74) is 11.2. The second-order valence-electron chi connectivity index (χ2n) is 3.22. The van der Waals surface area contributed by atoms with Crippen LogP contribution in [-0.4, -0.2) is 25.7 Å². The van der Waals surface area contributed by atoms with E-state index in [9.17, 15) is 9.18 Å². The van der Waals surface area contributed by atoms with Crippen molar-refractivity contribution in [3.63, 3.8) is 0 Å². The number of amides is 1. The lowest BCUT2D eigenvalue weighted by atomic mass is 10.2. The van der Waals surface area contributed by atoms with Gasteiger partial charge in [-0.25, -0.2) is 4.39 Å². The maximum atomic E-state index is 12.9. The van der Waals surface area contributed by atoms with Gasteiger partial charge in [0.05, 0.1) is 6.61 Å². The van der Waals surface area contributed by atoms with E-state index >= 15 is 0 Å². The van der Waals surface area contributed by atoms with Crippen LogP contribution in [0.3, 0.4) is 0 Å². The number of hydrogen-bond donors (Lipinski definition) is 3. The van der Waals surface area contributed by atoms with Crippen LogP contribution in [0.15, 0.2) is 18.2 Å². The van der Waals surface area contributed by atoms with Gasteiger partial charge in [-0.2, -0.15) is 0 Å². The predicted molar refractivity (Wildman–Crippen MR) is 59.3 cm³/mol. The summed E-state index contributed by atoms with van der Waals surface area (Å²) in [4.78, 5) is 10.3. The molecular weight excluding hydrogens is 213 g/mol. The van der Waals surface area contributed by atoms with Crippen LogP contribution in [0.25, 0.3) is 0 Å². The molecule has 1 aromatic rings. The predicted octanol–water partition coefficient (Wildman–Crippen LogP) is 0.322. The maximum Gasteiger partial charge on any atom is 0.243 e. The Morgan fingerprint density at radius 3 is 2.81 bits per heavy atom. The Hall–Kier alpha value is -1.82. The highest BCUT2D eigenvalue weighted by Crippen LogP contribution is 2.14. The lowest BCUT2D eigenvalue weighted by Gasteiger charge is -2.07. The molecule has 1 aromatic carbocycles. The quantitative estimate of drug-likeness (QED) is 0.482. The third-order valence-electron chi connectivity index (χ3n) is 1.74. The van der Waals surface area contributed by atoms with E-state index in [0.29, 0.717) is 24.5 Å².